The number of hydrogen-bond donors (Lipinski definition) is 3. The average molecular weight is 398 g/mol. The lowest BCUT2D eigenvalue weighted by atomic mass is 9.92. The molecule has 1 fully saturated rings. The first kappa shape index (κ1) is 24.0. The molecule has 4 N–H and O–H groups in total. The number of likely N-dealkylation sites (tertiary alicyclic amines) is 1. The van der Waals surface area contributed by atoms with E-state index in [1.807, 2.05) is 20.8 Å². The lowest BCUT2D eigenvalue weighted by molar-refractivity contribution is -0.119. The number of carbonyl (C=O) groups excluding carboxylic acids is 2. The maximum absolute atomic E-state index is 12.3. The number of carbonyl (C=O) groups is 2. The number of primary amides is 1. The highest BCUT2D eigenvalue weighted by Gasteiger charge is 2.32. The van der Waals surface area contributed by atoms with Gasteiger partial charge in [-0.15, -0.1) is 0 Å². The molecule has 0 aromatic carbocycles. The summed E-state index contributed by atoms with van der Waals surface area (Å²) in [6.45, 7) is 11.8. The van der Waals surface area contributed by atoms with Crippen molar-refractivity contribution in [2.24, 2.45) is 16.6 Å². The van der Waals surface area contributed by atoms with Crippen molar-refractivity contribution in [1.82, 2.24) is 15.5 Å². The van der Waals surface area contributed by atoms with E-state index in [0.717, 1.165) is 44.7 Å². The second kappa shape index (κ2) is 10.5. The number of rotatable bonds is 7. The smallest absolute Gasteiger partial charge is 0.408 e. The van der Waals surface area contributed by atoms with Crippen LogP contribution in [0.2, 0.25) is 0 Å². The molecule has 1 aliphatic rings. The Labute approximate surface area is 169 Å². The van der Waals surface area contributed by atoms with Crippen molar-refractivity contribution < 1.29 is 14.3 Å². The summed E-state index contributed by atoms with van der Waals surface area (Å²) < 4.78 is 5.44. The number of amides is 2. The van der Waals surface area contributed by atoms with Crippen molar-refractivity contribution in [2.45, 2.75) is 77.9 Å². The zero-order chi connectivity index (χ0) is 21.4. The maximum atomic E-state index is 12.3. The molecule has 0 aromatic rings. The zero-order valence-electron chi connectivity index (χ0n) is 18.4. The molecule has 0 saturated carbocycles. The summed E-state index contributed by atoms with van der Waals surface area (Å²) in [5.74, 6) is 0.783. The minimum Gasteiger partial charge on any atom is -0.444 e. The number of aliphatic imine (C=N–C) groups is 1. The highest BCUT2D eigenvalue weighted by Crippen LogP contribution is 2.20. The Bertz CT molecular complexity index is 553. The number of nitrogens with one attached hydrogen (secondary N) is 2. The fourth-order valence-electron chi connectivity index (χ4n) is 3.53. The van der Waals surface area contributed by atoms with Crippen LogP contribution in [0.5, 0.6) is 0 Å². The Morgan fingerprint density at radius 3 is 2.39 bits per heavy atom. The van der Waals surface area contributed by atoms with Crippen LogP contribution in [-0.2, 0) is 9.53 Å². The lowest BCUT2D eigenvalue weighted by Gasteiger charge is -2.38. The third-order valence-corrected chi connectivity index (χ3v) is 5.22. The molecule has 0 aliphatic carbocycles. The zero-order valence-corrected chi connectivity index (χ0v) is 18.4. The summed E-state index contributed by atoms with van der Waals surface area (Å²) in [7, 11) is 1.75. The predicted molar refractivity (Wildman–Crippen MR) is 112 cm³/mol. The van der Waals surface area contributed by atoms with Crippen molar-refractivity contribution in [3.05, 3.63) is 0 Å². The molecule has 1 atom stereocenters. The van der Waals surface area contributed by atoms with Gasteiger partial charge in [-0.1, -0.05) is 13.8 Å². The molecule has 0 spiro atoms. The van der Waals surface area contributed by atoms with Gasteiger partial charge in [-0.3, -0.25) is 9.79 Å². The van der Waals surface area contributed by atoms with Crippen LogP contribution in [0, 0.1) is 5.92 Å². The van der Waals surface area contributed by atoms with Crippen LogP contribution >= 0.6 is 0 Å². The molecule has 162 valence electrons. The van der Waals surface area contributed by atoms with Gasteiger partial charge in [0.15, 0.2) is 5.96 Å². The second-order valence-corrected chi connectivity index (χ2v) is 8.64. The summed E-state index contributed by atoms with van der Waals surface area (Å²) in [6.07, 6.45) is 3.52. The van der Waals surface area contributed by atoms with Crippen molar-refractivity contribution in [1.29, 1.82) is 0 Å². The van der Waals surface area contributed by atoms with E-state index in [2.05, 4.69) is 34.4 Å². The van der Waals surface area contributed by atoms with E-state index in [4.69, 9.17) is 10.5 Å². The fraction of sp³-hybridized carbons (Fsp3) is 0.850. The van der Waals surface area contributed by atoms with Crippen LogP contribution in [0.25, 0.3) is 0 Å². The number of nitrogens with zero attached hydrogens (tertiary/aromatic N) is 2. The van der Waals surface area contributed by atoms with E-state index in [1.165, 1.54) is 0 Å². The first-order valence-electron chi connectivity index (χ1n) is 10.3. The molecule has 0 aromatic heterocycles. The standard InChI is InChI=1S/C20H39N5O3/c1-7-20(8-2,24-18(27)28-19(3,4)5)14-23-17(22-6)25-11-9-10-15(13-25)12-16(21)26/h15H,7-14H2,1-6H3,(H2,21,26)(H,22,23)(H,24,27). The van der Waals surface area contributed by atoms with Crippen molar-refractivity contribution in [3.63, 3.8) is 0 Å². The molecule has 0 bridgehead atoms. The number of piperidine rings is 1. The highest BCUT2D eigenvalue weighted by atomic mass is 16.6. The van der Waals surface area contributed by atoms with Gasteiger partial charge in [-0.25, -0.2) is 4.79 Å². The molecular formula is C20H39N5O3. The van der Waals surface area contributed by atoms with Gasteiger partial charge in [0.25, 0.3) is 0 Å². The first-order chi connectivity index (χ1) is 13.0. The van der Waals surface area contributed by atoms with E-state index in [1.54, 1.807) is 7.05 Å². The van der Waals surface area contributed by atoms with Gasteiger partial charge in [0.1, 0.15) is 5.60 Å². The van der Waals surface area contributed by atoms with Crippen LogP contribution < -0.4 is 16.4 Å². The Kier molecular flexibility index (Phi) is 9.04. The molecule has 1 unspecified atom stereocenters. The summed E-state index contributed by atoms with van der Waals surface area (Å²) in [5.41, 5.74) is 4.40. The van der Waals surface area contributed by atoms with Crippen LogP contribution in [0.4, 0.5) is 4.79 Å². The molecule has 8 heteroatoms. The molecular weight excluding hydrogens is 358 g/mol. The van der Waals surface area contributed by atoms with Crippen LogP contribution in [-0.4, -0.2) is 60.7 Å². The van der Waals surface area contributed by atoms with Crippen molar-refractivity contribution >= 4 is 18.0 Å². The number of alkyl carbamates (subject to hydrolysis) is 1. The Morgan fingerprint density at radius 1 is 1.25 bits per heavy atom. The predicted octanol–water partition coefficient (Wildman–Crippen LogP) is 2.23. The number of nitrogens with two attached hydrogens (primary N) is 1. The molecule has 28 heavy (non-hydrogen) atoms. The lowest BCUT2D eigenvalue weighted by Crippen LogP contribution is -2.58. The summed E-state index contributed by atoms with van der Waals surface area (Å²) in [6, 6.07) is 0. The first-order valence-corrected chi connectivity index (χ1v) is 10.3. The Balaban J connectivity index is 2.74. The van der Waals surface area contributed by atoms with Gasteiger partial charge in [-0.2, -0.15) is 0 Å². The Morgan fingerprint density at radius 2 is 1.89 bits per heavy atom. The molecule has 1 heterocycles. The van der Waals surface area contributed by atoms with Crippen molar-refractivity contribution in [2.75, 3.05) is 26.7 Å². The molecule has 1 rings (SSSR count). The van der Waals surface area contributed by atoms with Crippen LogP contribution in [0.3, 0.4) is 0 Å². The summed E-state index contributed by atoms with van der Waals surface area (Å²) in [5, 5.41) is 6.46. The highest BCUT2D eigenvalue weighted by molar-refractivity contribution is 5.80. The third kappa shape index (κ3) is 7.94. The Hall–Kier alpha value is -1.99. The molecule has 8 nitrogen and oxygen atoms in total. The largest absolute Gasteiger partial charge is 0.444 e. The van der Waals surface area contributed by atoms with Gasteiger partial charge in [-0.05, 0) is 52.4 Å². The van der Waals surface area contributed by atoms with E-state index in [-0.39, 0.29) is 11.8 Å². The number of guanidine groups is 1. The molecule has 1 saturated heterocycles. The molecule has 1 aliphatic heterocycles. The van der Waals surface area contributed by atoms with Gasteiger partial charge >= 0.3 is 6.09 Å². The van der Waals surface area contributed by atoms with E-state index >= 15 is 0 Å². The van der Waals surface area contributed by atoms with E-state index in [0.29, 0.717) is 13.0 Å². The van der Waals surface area contributed by atoms with Crippen LogP contribution in [0.1, 0.15) is 66.7 Å². The third-order valence-electron chi connectivity index (χ3n) is 5.22. The molecule has 2 amide bonds. The number of ether oxygens (including phenoxy) is 1. The number of hydrogen-bond acceptors (Lipinski definition) is 4. The quantitative estimate of drug-likeness (QED) is 0.451. The summed E-state index contributed by atoms with van der Waals surface area (Å²) >= 11 is 0. The van der Waals surface area contributed by atoms with E-state index in [9.17, 15) is 9.59 Å². The molecule has 0 radical (unpaired) electrons. The van der Waals surface area contributed by atoms with E-state index < -0.39 is 17.2 Å². The SMILES string of the molecule is CCC(CC)(CNC(=NC)N1CCCC(CC(N)=O)C1)NC(=O)OC(C)(C)C. The van der Waals surface area contributed by atoms with Crippen molar-refractivity contribution in [3.8, 4) is 0 Å². The van der Waals surface area contributed by atoms with Gasteiger partial charge in [0, 0.05) is 33.1 Å². The normalized spacial score (nSPS) is 18.6. The maximum Gasteiger partial charge on any atom is 0.408 e. The van der Waals surface area contributed by atoms with Gasteiger partial charge < -0.3 is 26.0 Å². The topological polar surface area (TPSA) is 109 Å². The summed E-state index contributed by atoms with van der Waals surface area (Å²) in [4.78, 5) is 30.1. The monoisotopic (exact) mass is 397 g/mol. The minimum atomic E-state index is -0.538. The van der Waals surface area contributed by atoms with Gasteiger partial charge in [0.2, 0.25) is 5.91 Å². The van der Waals surface area contributed by atoms with Crippen LogP contribution in [0.15, 0.2) is 4.99 Å². The average Bonchev–Trinajstić information content (AvgIpc) is 2.59. The fourth-order valence-corrected chi connectivity index (χ4v) is 3.53. The second-order valence-electron chi connectivity index (χ2n) is 8.64. The minimum absolute atomic E-state index is 0.256. The van der Waals surface area contributed by atoms with Gasteiger partial charge in [0.05, 0.1) is 5.54 Å².